The number of nitrogens with zero attached hydrogens (tertiary/aromatic N) is 1. The normalized spacial score (nSPS) is 22.2. The van der Waals surface area contributed by atoms with Crippen LogP contribution in [0.3, 0.4) is 0 Å². The van der Waals surface area contributed by atoms with Crippen molar-refractivity contribution in [1.29, 1.82) is 0 Å². The first-order valence-corrected chi connectivity index (χ1v) is 5.59. The molecular weight excluding hydrogens is 214 g/mol. The van der Waals surface area contributed by atoms with Gasteiger partial charge in [0.15, 0.2) is 0 Å². The molecule has 0 spiro atoms. The van der Waals surface area contributed by atoms with Gasteiger partial charge in [-0.1, -0.05) is 18.2 Å². The molecule has 86 valence electrons. The molecule has 3 nitrogen and oxygen atoms in total. The summed E-state index contributed by atoms with van der Waals surface area (Å²) < 4.78 is 10.8. The second-order valence-electron chi connectivity index (χ2n) is 4.01. The molecule has 2 heterocycles. The standard InChI is InChI=1S/C14H13NO2/c1-16-11-7-5-10(6-8-11)13-14(17-13)12-4-2-3-9-15-12/h2-9,13-14H,1H3/t13?,14-/m0/s1. The third-order valence-electron chi connectivity index (χ3n) is 2.92. The van der Waals surface area contributed by atoms with Crippen molar-refractivity contribution in [2.45, 2.75) is 12.2 Å². The Morgan fingerprint density at radius 2 is 1.88 bits per heavy atom. The van der Waals surface area contributed by atoms with Crippen molar-refractivity contribution < 1.29 is 9.47 Å². The van der Waals surface area contributed by atoms with Crippen LogP contribution in [-0.4, -0.2) is 12.1 Å². The van der Waals surface area contributed by atoms with Gasteiger partial charge in [0.05, 0.1) is 12.8 Å². The molecule has 2 atom stereocenters. The molecule has 1 saturated heterocycles. The lowest BCUT2D eigenvalue weighted by Gasteiger charge is -2.00. The zero-order chi connectivity index (χ0) is 11.7. The van der Waals surface area contributed by atoms with E-state index in [2.05, 4.69) is 4.98 Å². The highest BCUT2D eigenvalue weighted by molar-refractivity contribution is 5.32. The highest BCUT2D eigenvalue weighted by Crippen LogP contribution is 2.50. The van der Waals surface area contributed by atoms with Crippen LogP contribution in [0.4, 0.5) is 0 Å². The summed E-state index contributed by atoms with van der Waals surface area (Å²) in [5, 5.41) is 0. The molecular formula is C14H13NO2. The number of aromatic nitrogens is 1. The van der Waals surface area contributed by atoms with E-state index >= 15 is 0 Å². The first-order valence-electron chi connectivity index (χ1n) is 5.59. The lowest BCUT2D eigenvalue weighted by molar-refractivity contribution is 0.374. The number of hydrogen-bond acceptors (Lipinski definition) is 3. The van der Waals surface area contributed by atoms with Gasteiger partial charge in [-0.15, -0.1) is 0 Å². The number of ether oxygens (including phenoxy) is 2. The molecule has 0 amide bonds. The average molecular weight is 227 g/mol. The highest BCUT2D eigenvalue weighted by atomic mass is 16.6. The van der Waals surface area contributed by atoms with Crippen molar-refractivity contribution in [1.82, 2.24) is 4.98 Å². The first kappa shape index (κ1) is 10.3. The molecule has 1 aromatic heterocycles. The summed E-state index contributed by atoms with van der Waals surface area (Å²) in [6, 6.07) is 13.9. The molecule has 0 saturated carbocycles. The molecule has 0 aliphatic carbocycles. The minimum absolute atomic E-state index is 0.101. The maximum Gasteiger partial charge on any atom is 0.131 e. The van der Waals surface area contributed by atoms with Crippen LogP contribution in [0.2, 0.25) is 0 Å². The second-order valence-corrected chi connectivity index (χ2v) is 4.01. The summed E-state index contributed by atoms with van der Waals surface area (Å²) in [5.41, 5.74) is 2.16. The Morgan fingerprint density at radius 3 is 2.53 bits per heavy atom. The lowest BCUT2D eigenvalue weighted by Crippen LogP contribution is -1.88. The molecule has 17 heavy (non-hydrogen) atoms. The summed E-state index contributed by atoms with van der Waals surface area (Å²) in [7, 11) is 1.67. The Kier molecular flexibility index (Phi) is 2.53. The molecule has 1 aliphatic heterocycles. The van der Waals surface area contributed by atoms with Crippen molar-refractivity contribution >= 4 is 0 Å². The molecule has 0 radical (unpaired) electrons. The Balaban J connectivity index is 1.76. The topological polar surface area (TPSA) is 34.6 Å². The number of methoxy groups -OCH3 is 1. The lowest BCUT2D eigenvalue weighted by atomic mass is 10.1. The number of hydrogen-bond donors (Lipinski definition) is 0. The van der Waals surface area contributed by atoms with E-state index in [4.69, 9.17) is 9.47 Å². The van der Waals surface area contributed by atoms with Crippen LogP contribution in [-0.2, 0) is 4.74 Å². The smallest absolute Gasteiger partial charge is 0.131 e. The molecule has 1 unspecified atom stereocenters. The van der Waals surface area contributed by atoms with Gasteiger partial charge in [-0.25, -0.2) is 0 Å². The summed E-state index contributed by atoms with van der Waals surface area (Å²) >= 11 is 0. The van der Waals surface area contributed by atoms with Gasteiger partial charge in [0.2, 0.25) is 0 Å². The minimum atomic E-state index is 0.101. The van der Waals surface area contributed by atoms with Gasteiger partial charge < -0.3 is 9.47 Å². The van der Waals surface area contributed by atoms with Gasteiger partial charge in [-0.3, -0.25) is 4.98 Å². The molecule has 0 bridgehead atoms. The van der Waals surface area contributed by atoms with E-state index in [1.165, 1.54) is 5.56 Å². The Bertz CT molecular complexity index is 495. The third-order valence-corrected chi connectivity index (χ3v) is 2.92. The molecule has 1 aliphatic rings. The first-order chi connectivity index (χ1) is 8.38. The van der Waals surface area contributed by atoms with Crippen molar-refractivity contribution in [3.8, 4) is 5.75 Å². The van der Waals surface area contributed by atoms with Crippen molar-refractivity contribution in [2.75, 3.05) is 7.11 Å². The van der Waals surface area contributed by atoms with Crippen LogP contribution in [0.5, 0.6) is 5.75 Å². The van der Waals surface area contributed by atoms with Crippen molar-refractivity contribution in [3.05, 3.63) is 59.9 Å². The summed E-state index contributed by atoms with van der Waals surface area (Å²) in [6.45, 7) is 0. The van der Waals surface area contributed by atoms with E-state index in [0.29, 0.717) is 0 Å². The van der Waals surface area contributed by atoms with Crippen LogP contribution in [0.25, 0.3) is 0 Å². The Hall–Kier alpha value is -1.87. The van der Waals surface area contributed by atoms with Gasteiger partial charge in [0.25, 0.3) is 0 Å². The van der Waals surface area contributed by atoms with Crippen LogP contribution in [0.1, 0.15) is 23.5 Å². The molecule has 3 rings (SSSR count). The predicted molar refractivity (Wildman–Crippen MR) is 63.8 cm³/mol. The van der Waals surface area contributed by atoms with Gasteiger partial charge >= 0.3 is 0 Å². The minimum Gasteiger partial charge on any atom is -0.497 e. The Labute approximate surface area is 100 Å². The largest absolute Gasteiger partial charge is 0.497 e. The highest BCUT2D eigenvalue weighted by Gasteiger charge is 2.42. The van der Waals surface area contributed by atoms with Crippen LogP contribution in [0, 0.1) is 0 Å². The van der Waals surface area contributed by atoms with Crippen molar-refractivity contribution in [2.24, 2.45) is 0 Å². The van der Waals surface area contributed by atoms with E-state index in [1.54, 1.807) is 13.3 Å². The maximum absolute atomic E-state index is 5.66. The molecule has 1 aromatic carbocycles. The number of rotatable bonds is 3. The summed E-state index contributed by atoms with van der Waals surface area (Å²) in [5.74, 6) is 0.865. The van der Waals surface area contributed by atoms with E-state index in [-0.39, 0.29) is 12.2 Å². The molecule has 2 aromatic rings. The zero-order valence-corrected chi connectivity index (χ0v) is 9.54. The van der Waals surface area contributed by atoms with Gasteiger partial charge in [0, 0.05) is 6.20 Å². The van der Waals surface area contributed by atoms with Crippen LogP contribution < -0.4 is 4.74 Å². The monoisotopic (exact) mass is 227 g/mol. The fourth-order valence-electron chi connectivity index (χ4n) is 1.93. The summed E-state index contributed by atoms with van der Waals surface area (Å²) in [4.78, 5) is 4.30. The van der Waals surface area contributed by atoms with Crippen LogP contribution >= 0.6 is 0 Å². The quantitative estimate of drug-likeness (QED) is 0.756. The van der Waals surface area contributed by atoms with Crippen LogP contribution in [0.15, 0.2) is 48.7 Å². The summed E-state index contributed by atoms with van der Waals surface area (Å²) in [6.07, 6.45) is 2.03. The van der Waals surface area contributed by atoms with E-state index in [0.717, 1.165) is 11.4 Å². The van der Waals surface area contributed by atoms with E-state index < -0.39 is 0 Å². The number of pyridine rings is 1. The third kappa shape index (κ3) is 2.01. The van der Waals surface area contributed by atoms with Gasteiger partial charge in [-0.2, -0.15) is 0 Å². The Morgan fingerprint density at radius 1 is 1.06 bits per heavy atom. The fourth-order valence-corrected chi connectivity index (χ4v) is 1.93. The van der Waals surface area contributed by atoms with Gasteiger partial charge in [0.1, 0.15) is 18.0 Å². The second kappa shape index (κ2) is 4.18. The predicted octanol–water partition coefficient (Wildman–Crippen LogP) is 2.90. The number of benzene rings is 1. The zero-order valence-electron chi connectivity index (χ0n) is 9.54. The maximum atomic E-state index is 5.66. The van der Waals surface area contributed by atoms with Gasteiger partial charge in [-0.05, 0) is 29.8 Å². The SMILES string of the molecule is COc1ccc(C2O[C@H]2c2ccccn2)cc1. The van der Waals surface area contributed by atoms with E-state index in [1.807, 2.05) is 42.5 Å². The van der Waals surface area contributed by atoms with Crippen molar-refractivity contribution in [3.63, 3.8) is 0 Å². The molecule has 0 N–H and O–H groups in total. The molecule has 3 heteroatoms. The number of epoxide rings is 1. The molecule has 1 fully saturated rings. The average Bonchev–Trinajstić information content (AvgIpc) is 3.20. The van der Waals surface area contributed by atoms with E-state index in [9.17, 15) is 0 Å². The fraction of sp³-hybridized carbons (Fsp3) is 0.214.